The van der Waals surface area contributed by atoms with Crippen molar-refractivity contribution < 1.29 is 14.3 Å². The second-order valence-electron chi connectivity index (χ2n) is 6.32. The van der Waals surface area contributed by atoms with Crippen LogP contribution in [0.4, 0.5) is 10.5 Å². The highest BCUT2D eigenvalue weighted by Crippen LogP contribution is 2.19. The van der Waals surface area contributed by atoms with E-state index < -0.39 is 0 Å². The highest BCUT2D eigenvalue weighted by atomic mass is 16.5. The third-order valence-electron chi connectivity index (χ3n) is 4.58. The molecule has 1 aromatic rings. The van der Waals surface area contributed by atoms with Gasteiger partial charge in [0.05, 0.1) is 18.2 Å². The number of methoxy groups -OCH3 is 1. The van der Waals surface area contributed by atoms with E-state index in [0.29, 0.717) is 19.6 Å². The zero-order valence-electron chi connectivity index (χ0n) is 15.3. The van der Waals surface area contributed by atoms with Crippen LogP contribution in [0.2, 0.25) is 0 Å². The van der Waals surface area contributed by atoms with Crippen molar-refractivity contribution in [3.8, 4) is 0 Å². The highest BCUT2D eigenvalue weighted by molar-refractivity contribution is 5.95. The lowest BCUT2D eigenvalue weighted by Crippen LogP contribution is -2.48. The lowest BCUT2D eigenvalue weighted by Gasteiger charge is -2.23. The monoisotopic (exact) mass is 348 g/mol. The number of likely N-dealkylation sites (tertiary alicyclic amines) is 1. The second kappa shape index (κ2) is 8.82. The maximum atomic E-state index is 12.6. The summed E-state index contributed by atoms with van der Waals surface area (Å²) in [6.07, 6.45) is -0.142. The predicted molar refractivity (Wildman–Crippen MR) is 97.6 cm³/mol. The average Bonchev–Trinajstić information content (AvgIpc) is 2.99. The number of para-hydroxylation sites is 1. The number of nitrogens with one attached hydrogen (secondary N) is 3. The molecular formula is C18H28N4O3. The Bertz CT molecular complexity index is 608. The van der Waals surface area contributed by atoms with Gasteiger partial charge >= 0.3 is 6.03 Å². The van der Waals surface area contributed by atoms with Gasteiger partial charge in [0.25, 0.3) is 0 Å². The smallest absolute Gasteiger partial charge is 0.315 e. The molecule has 138 valence electrons. The number of benzene rings is 1. The Labute approximate surface area is 149 Å². The molecule has 0 radical (unpaired) electrons. The Morgan fingerprint density at radius 2 is 2.04 bits per heavy atom. The van der Waals surface area contributed by atoms with Gasteiger partial charge in [0.1, 0.15) is 0 Å². The van der Waals surface area contributed by atoms with Crippen molar-refractivity contribution in [2.45, 2.75) is 39.0 Å². The molecule has 1 saturated heterocycles. The molecule has 0 spiro atoms. The van der Waals surface area contributed by atoms with Gasteiger partial charge in [0.2, 0.25) is 5.91 Å². The molecule has 3 N–H and O–H groups in total. The lowest BCUT2D eigenvalue weighted by molar-refractivity contribution is -0.120. The van der Waals surface area contributed by atoms with Crippen molar-refractivity contribution in [3.63, 3.8) is 0 Å². The number of amides is 3. The molecule has 1 aliphatic rings. The van der Waals surface area contributed by atoms with E-state index in [-0.39, 0.29) is 30.1 Å². The molecule has 0 aliphatic carbocycles. The maximum absolute atomic E-state index is 12.6. The molecule has 25 heavy (non-hydrogen) atoms. The van der Waals surface area contributed by atoms with E-state index in [9.17, 15) is 9.59 Å². The van der Waals surface area contributed by atoms with Crippen molar-refractivity contribution in [2.24, 2.45) is 0 Å². The summed E-state index contributed by atoms with van der Waals surface area (Å²) in [6, 6.07) is 7.01. The van der Waals surface area contributed by atoms with E-state index >= 15 is 0 Å². The zero-order valence-corrected chi connectivity index (χ0v) is 15.3. The van der Waals surface area contributed by atoms with E-state index in [1.165, 1.54) is 0 Å². The van der Waals surface area contributed by atoms with E-state index in [1.54, 1.807) is 7.11 Å². The fourth-order valence-electron chi connectivity index (χ4n) is 2.99. The van der Waals surface area contributed by atoms with Crippen LogP contribution in [0.3, 0.4) is 0 Å². The van der Waals surface area contributed by atoms with Crippen molar-refractivity contribution in [3.05, 3.63) is 29.8 Å². The summed E-state index contributed by atoms with van der Waals surface area (Å²) in [7, 11) is 1.62. The van der Waals surface area contributed by atoms with Gasteiger partial charge in [-0.05, 0) is 32.4 Å². The molecule has 0 bridgehead atoms. The Morgan fingerprint density at radius 3 is 2.68 bits per heavy atom. The molecule has 7 heteroatoms. The molecule has 1 aromatic carbocycles. The topological polar surface area (TPSA) is 82.7 Å². The molecule has 1 heterocycles. The fraction of sp³-hybridized carbons (Fsp3) is 0.556. The van der Waals surface area contributed by atoms with Gasteiger partial charge in [0, 0.05) is 32.4 Å². The number of nitrogens with zero attached hydrogens (tertiary/aromatic N) is 1. The number of rotatable bonds is 6. The lowest BCUT2D eigenvalue weighted by atomic mass is 10.2. The van der Waals surface area contributed by atoms with Gasteiger partial charge < -0.3 is 20.7 Å². The minimum absolute atomic E-state index is 0.0668. The molecule has 1 fully saturated rings. The summed E-state index contributed by atoms with van der Waals surface area (Å²) in [6.45, 7) is 7.42. The molecule has 0 saturated carbocycles. The standard InChI is InChI=1S/C18H28N4O3/c1-5-19-18(24)21-15-10-22(11-16(15)25-4)13(3)17(23)20-14-9-7-6-8-12(14)2/h6-9,13,15-16H,5,10-11H2,1-4H3,(H,20,23)(H2,19,21,24)/t13?,15?,16-/m0/s1. The first kappa shape index (κ1) is 19.2. The number of urea groups is 1. The molecule has 2 rings (SSSR count). The molecule has 3 atom stereocenters. The summed E-state index contributed by atoms with van der Waals surface area (Å²) in [5.41, 5.74) is 1.84. The largest absolute Gasteiger partial charge is 0.378 e. The zero-order chi connectivity index (χ0) is 18.4. The summed E-state index contributed by atoms with van der Waals surface area (Å²) in [5, 5.41) is 8.61. The second-order valence-corrected chi connectivity index (χ2v) is 6.32. The van der Waals surface area contributed by atoms with E-state index in [2.05, 4.69) is 16.0 Å². The summed E-state index contributed by atoms with van der Waals surface area (Å²) < 4.78 is 5.48. The number of anilines is 1. The van der Waals surface area contributed by atoms with E-state index in [4.69, 9.17) is 4.74 Å². The Balaban J connectivity index is 1.97. The number of carbonyl (C=O) groups is 2. The normalized spacial score (nSPS) is 21.6. The number of ether oxygens (including phenoxy) is 1. The van der Waals surface area contributed by atoms with Crippen LogP contribution in [-0.4, -0.2) is 61.8 Å². The number of aryl methyl sites for hydroxylation is 1. The van der Waals surface area contributed by atoms with Gasteiger partial charge in [-0.3, -0.25) is 9.69 Å². The minimum atomic E-state index is -0.321. The molecule has 1 aliphatic heterocycles. The number of hydrogen-bond acceptors (Lipinski definition) is 4. The summed E-state index contributed by atoms with van der Waals surface area (Å²) >= 11 is 0. The van der Waals surface area contributed by atoms with Crippen LogP contribution in [0.1, 0.15) is 19.4 Å². The molecule has 0 aromatic heterocycles. The molecule has 7 nitrogen and oxygen atoms in total. The van der Waals surface area contributed by atoms with Crippen LogP contribution >= 0.6 is 0 Å². The van der Waals surface area contributed by atoms with Crippen LogP contribution in [-0.2, 0) is 9.53 Å². The molecule has 2 unspecified atom stereocenters. The van der Waals surface area contributed by atoms with Gasteiger partial charge in [-0.15, -0.1) is 0 Å². The SMILES string of the molecule is CCNC(=O)NC1CN(C(C)C(=O)Nc2ccccc2C)C[C@@H]1OC. The van der Waals surface area contributed by atoms with Crippen molar-refractivity contribution in [1.82, 2.24) is 15.5 Å². The van der Waals surface area contributed by atoms with Gasteiger partial charge in [-0.2, -0.15) is 0 Å². The third-order valence-corrected chi connectivity index (χ3v) is 4.58. The Hall–Kier alpha value is -2.12. The van der Waals surface area contributed by atoms with Gasteiger partial charge in [0.15, 0.2) is 0 Å². The first-order valence-electron chi connectivity index (χ1n) is 8.64. The van der Waals surface area contributed by atoms with E-state index in [1.807, 2.05) is 49.9 Å². The number of carbonyl (C=O) groups excluding carboxylic acids is 2. The van der Waals surface area contributed by atoms with Crippen LogP contribution in [0.25, 0.3) is 0 Å². The Morgan fingerprint density at radius 1 is 1.32 bits per heavy atom. The third kappa shape index (κ3) is 4.93. The van der Waals surface area contributed by atoms with Crippen molar-refractivity contribution in [1.29, 1.82) is 0 Å². The van der Waals surface area contributed by atoms with E-state index in [0.717, 1.165) is 11.3 Å². The number of hydrogen-bond donors (Lipinski definition) is 3. The van der Waals surface area contributed by atoms with Gasteiger partial charge in [-0.1, -0.05) is 18.2 Å². The van der Waals surface area contributed by atoms with Crippen LogP contribution in [0.5, 0.6) is 0 Å². The van der Waals surface area contributed by atoms with Crippen LogP contribution in [0.15, 0.2) is 24.3 Å². The fourth-order valence-corrected chi connectivity index (χ4v) is 2.99. The molecule has 3 amide bonds. The van der Waals surface area contributed by atoms with Crippen molar-refractivity contribution in [2.75, 3.05) is 32.1 Å². The van der Waals surface area contributed by atoms with Crippen molar-refractivity contribution >= 4 is 17.6 Å². The van der Waals surface area contributed by atoms with Crippen LogP contribution in [0, 0.1) is 6.92 Å². The highest BCUT2D eigenvalue weighted by Gasteiger charge is 2.37. The quantitative estimate of drug-likeness (QED) is 0.724. The molecular weight excluding hydrogens is 320 g/mol. The Kier molecular flexibility index (Phi) is 6.78. The summed E-state index contributed by atoms with van der Waals surface area (Å²) in [4.78, 5) is 26.4. The predicted octanol–water partition coefficient (Wildman–Crippen LogP) is 1.34. The first-order valence-corrected chi connectivity index (χ1v) is 8.64. The minimum Gasteiger partial charge on any atom is -0.378 e. The maximum Gasteiger partial charge on any atom is 0.315 e. The van der Waals surface area contributed by atoms with Gasteiger partial charge in [-0.25, -0.2) is 4.79 Å². The first-order chi connectivity index (χ1) is 12.0. The average molecular weight is 348 g/mol. The summed E-state index contributed by atoms with van der Waals surface area (Å²) in [5.74, 6) is -0.0668. The van der Waals surface area contributed by atoms with Crippen LogP contribution < -0.4 is 16.0 Å².